The first-order valence-corrected chi connectivity index (χ1v) is 5.05. The lowest BCUT2D eigenvalue weighted by Crippen LogP contribution is -2.22. The molecular weight excluding hydrogens is 202 g/mol. The highest BCUT2D eigenvalue weighted by molar-refractivity contribution is 5.98. The molecule has 0 unspecified atom stereocenters. The third kappa shape index (κ3) is 1.75. The van der Waals surface area contributed by atoms with Gasteiger partial charge in [-0.1, -0.05) is 6.07 Å². The number of fused-ring (bicyclic) bond motifs is 1. The van der Waals surface area contributed by atoms with Gasteiger partial charge in [0.05, 0.1) is 11.6 Å². The first-order valence-electron chi connectivity index (χ1n) is 5.05. The van der Waals surface area contributed by atoms with Crippen LogP contribution in [0.15, 0.2) is 24.3 Å². The Morgan fingerprint density at radius 2 is 2.31 bits per heavy atom. The molecule has 1 aromatic heterocycles. The zero-order chi connectivity index (χ0) is 11.5. The number of carbonyl (C=O) groups is 1. The van der Waals surface area contributed by atoms with E-state index in [9.17, 15) is 4.79 Å². The van der Waals surface area contributed by atoms with Crippen molar-refractivity contribution >= 4 is 16.8 Å². The van der Waals surface area contributed by atoms with Gasteiger partial charge in [-0.3, -0.25) is 4.79 Å². The standard InChI is InChI=1S/C12H11N3O/c1-2-14-12(16)11-6-9-4-3-8(7-13)5-10(9)15-11/h3-6,15H,2H2,1H3,(H,14,16). The van der Waals surface area contributed by atoms with Crippen LogP contribution < -0.4 is 5.32 Å². The van der Waals surface area contributed by atoms with Crippen molar-refractivity contribution < 1.29 is 4.79 Å². The highest BCUT2D eigenvalue weighted by Gasteiger charge is 2.08. The summed E-state index contributed by atoms with van der Waals surface area (Å²) in [5.74, 6) is -0.128. The molecule has 0 spiro atoms. The highest BCUT2D eigenvalue weighted by atomic mass is 16.1. The van der Waals surface area contributed by atoms with E-state index >= 15 is 0 Å². The van der Waals surface area contributed by atoms with Gasteiger partial charge in [0, 0.05) is 17.4 Å². The third-order valence-electron chi connectivity index (χ3n) is 2.33. The number of carbonyl (C=O) groups excluding carboxylic acids is 1. The summed E-state index contributed by atoms with van der Waals surface area (Å²) >= 11 is 0. The van der Waals surface area contributed by atoms with E-state index in [1.165, 1.54) is 0 Å². The van der Waals surface area contributed by atoms with Gasteiger partial charge in [-0.2, -0.15) is 5.26 Å². The lowest BCUT2D eigenvalue weighted by Gasteiger charge is -1.96. The van der Waals surface area contributed by atoms with Crippen LogP contribution in [-0.4, -0.2) is 17.4 Å². The average Bonchev–Trinajstić information content (AvgIpc) is 2.71. The minimum absolute atomic E-state index is 0.128. The highest BCUT2D eigenvalue weighted by Crippen LogP contribution is 2.16. The summed E-state index contributed by atoms with van der Waals surface area (Å²) < 4.78 is 0. The molecule has 1 aromatic carbocycles. The molecule has 2 aromatic rings. The Labute approximate surface area is 92.9 Å². The van der Waals surface area contributed by atoms with Crippen LogP contribution in [0.25, 0.3) is 10.9 Å². The van der Waals surface area contributed by atoms with Gasteiger partial charge in [-0.05, 0) is 25.1 Å². The molecular formula is C12H11N3O. The lowest BCUT2D eigenvalue weighted by atomic mass is 10.2. The van der Waals surface area contributed by atoms with Crippen molar-refractivity contribution in [3.63, 3.8) is 0 Å². The van der Waals surface area contributed by atoms with E-state index < -0.39 is 0 Å². The normalized spacial score (nSPS) is 10.0. The summed E-state index contributed by atoms with van der Waals surface area (Å²) in [4.78, 5) is 14.6. The van der Waals surface area contributed by atoms with Gasteiger partial charge < -0.3 is 10.3 Å². The van der Waals surface area contributed by atoms with Crippen molar-refractivity contribution in [3.05, 3.63) is 35.5 Å². The Morgan fingerprint density at radius 3 is 3.00 bits per heavy atom. The van der Waals surface area contributed by atoms with Crippen LogP contribution in [0.3, 0.4) is 0 Å². The van der Waals surface area contributed by atoms with Crippen LogP contribution in [0.1, 0.15) is 23.0 Å². The number of H-pyrrole nitrogens is 1. The number of nitrogens with one attached hydrogen (secondary N) is 2. The molecule has 80 valence electrons. The SMILES string of the molecule is CCNC(=O)c1cc2ccc(C#N)cc2[nH]1. The lowest BCUT2D eigenvalue weighted by molar-refractivity contribution is 0.0951. The molecule has 1 amide bonds. The number of nitriles is 1. The molecule has 0 radical (unpaired) electrons. The maximum absolute atomic E-state index is 11.6. The number of rotatable bonds is 2. The second kappa shape index (κ2) is 4.07. The second-order valence-corrected chi connectivity index (χ2v) is 3.46. The Morgan fingerprint density at radius 1 is 1.50 bits per heavy atom. The molecule has 0 aliphatic rings. The van der Waals surface area contributed by atoms with Crippen molar-refractivity contribution in [2.45, 2.75) is 6.92 Å². The number of aromatic amines is 1. The maximum Gasteiger partial charge on any atom is 0.267 e. The minimum Gasteiger partial charge on any atom is -0.351 e. The second-order valence-electron chi connectivity index (χ2n) is 3.46. The number of amides is 1. The Balaban J connectivity index is 2.44. The van der Waals surface area contributed by atoms with E-state index in [0.717, 1.165) is 10.9 Å². The fourth-order valence-corrected chi connectivity index (χ4v) is 1.57. The van der Waals surface area contributed by atoms with Crippen LogP contribution in [0.2, 0.25) is 0 Å². The molecule has 2 N–H and O–H groups in total. The van der Waals surface area contributed by atoms with Crippen molar-refractivity contribution in [2.24, 2.45) is 0 Å². The summed E-state index contributed by atoms with van der Waals surface area (Å²) in [7, 11) is 0. The Hall–Kier alpha value is -2.28. The average molecular weight is 213 g/mol. The van der Waals surface area contributed by atoms with Crippen molar-refractivity contribution in [2.75, 3.05) is 6.54 Å². The monoisotopic (exact) mass is 213 g/mol. The number of hydrogen-bond donors (Lipinski definition) is 2. The number of hydrogen-bond acceptors (Lipinski definition) is 2. The fourth-order valence-electron chi connectivity index (χ4n) is 1.57. The summed E-state index contributed by atoms with van der Waals surface area (Å²) in [5.41, 5.74) is 1.91. The van der Waals surface area contributed by atoms with Gasteiger partial charge in [0.1, 0.15) is 5.69 Å². The van der Waals surface area contributed by atoms with E-state index in [-0.39, 0.29) is 5.91 Å². The van der Waals surface area contributed by atoms with Crippen LogP contribution in [0.5, 0.6) is 0 Å². The zero-order valence-corrected chi connectivity index (χ0v) is 8.87. The first-order chi connectivity index (χ1) is 7.74. The zero-order valence-electron chi connectivity index (χ0n) is 8.87. The molecule has 0 aliphatic heterocycles. The largest absolute Gasteiger partial charge is 0.351 e. The van der Waals surface area contributed by atoms with Gasteiger partial charge in [0.15, 0.2) is 0 Å². The van der Waals surface area contributed by atoms with E-state index in [2.05, 4.69) is 16.4 Å². The molecule has 0 bridgehead atoms. The van der Waals surface area contributed by atoms with Crippen LogP contribution in [0, 0.1) is 11.3 Å². The molecule has 4 nitrogen and oxygen atoms in total. The summed E-state index contributed by atoms with van der Waals surface area (Å²) in [6.45, 7) is 2.46. The molecule has 0 saturated heterocycles. The van der Waals surface area contributed by atoms with Gasteiger partial charge >= 0.3 is 0 Å². The Bertz CT molecular complexity index is 577. The molecule has 0 saturated carbocycles. The van der Waals surface area contributed by atoms with E-state index in [4.69, 9.17) is 5.26 Å². The van der Waals surface area contributed by atoms with Gasteiger partial charge in [0.2, 0.25) is 0 Å². The Kier molecular flexibility index (Phi) is 2.61. The van der Waals surface area contributed by atoms with Gasteiger partial charge in [-0.15, -0.1) is 0 Å². The van der Waals surface area contributed by atoms with Crippen LogP contribution >= 0.6 is 0 Å². The third-order valence-corrected chi connectivity index (χ3v) is 2.33. The molecule has 0 aliphatic carbocycles. The predicted octanol–water partition coefficient (Wildman–Crippen LogP) is 1.79. The summed E-state index contributed by atoms with van der Waals surface area (Å²) in [6.07, 6.45) is 0. The summed E-state index contributed by atoms with van der Waals surface area (Å²) in [5, 5.41) is 12.4. The molecule has 16 heavy (non-hydrogen) atoms. The van der Waals surface area contributed by atoms with Crippen LogP contribution in [0.4, 0.5) is 0 Å². The van der Waals surface area contributed by atoms with Gasteiger partial charge in [-0.25, -0.2) is 0 Å². The maximum atomic E-state index is 11.6. The van der Waals surface area contributed by atoms with Gasteiger partial charge in [0.25, 0.3) is 5.91 Å². The number of nitrogens with zero attached hydrogens (tertiary/aromatic N) is 1. The fraction of sp³-hybridized carbons (Fsp3) is 0.167. The first kappa shape index (κ1) is 10.2. The molecule has 0 atom stereocenters. The summed E-state index contributed by atoms with van der Waals surface area (Å²) in [6, 6.07) is 9.14. The van der Waals surface area contributed by atoms with E-state index in [0.29, 0.717) is 17.8 Å². The molecule has 2 rings (SSSR count). The van der Waals surface area contributed by atoms with Crippen molar-refractivity contribution in [1.29, 1.82) is 5.26 Å². The minimum atomic E-state index is -0.128. The van der Waals surface area contributed by atoms with Crippen LogP contribution in [-0.2, 0) is 0 Å². The quantitative estimate of drug-likeness (QED) is 0.798. The van der Waals surface area contributed by atoms with Crippen molar-refractivity contribution in [3.8, 4) is 6.07 Å². The molecule has 4 heteroatoms. The van der Waals surface area contributed by atoms with E-state index in [1.54, 1.807) is 18.2 Å². The number of aromatic nitrogens is 1. The smallest absolute Gasteiger partial charge is 0.267 e. The number of benzene rings is 1. The molecule has 1 heterocycles. The van der Waals surface area contributed by atoms with Crippen molar-refractivity contribution in [1.82, 2.24) is 10.3 Å². The predicted molar refractivity (Wildman–Crippen MR) is 61.0 cm³/mol. The van der Waals surface area contributed by atoms with E-state index in [1.807, 2.05) is 13.0 Å². The molecule has 0 fully saturated rings. The topological polar surface area (TPSA) is 68.7 Å².